The van der Waals surface area contributed by atoms with Gasteiger partial charge in [-0.05, 0) is 41.3 Å². The van der Waals surface area contributed by atoms with E-state index in [1.165, 1.54) is 11.1 Å². The Morgan fingerprint density at radius 1 is 0.692 bits per heavy atom. The zero-order valence-electron chi connectivity index (χ0n) is 15.4. The normalized spacial score (nSPS) is 9.62. The molecule has 0 spiro atoms. The number of phenols is 2. The SMILES string of the molecule is CC(=O)O.CC(=O)O.CC(C)C(c1ccc(O)cc1)c1ccc(O)cc1. The second-order valence-corrected chi connectivity index (χ2v) is 5.94. The van der Waals surface area contributed by atoms with Crippen LogP contribution >= 0.6 is 0 Å². The third-order valence-electron chi connectivity index (χ3n) is 3.17. The van der Waals surface area contributed by atoms with Gasteiger partial charge in [0.1, 0.15) is 11.5 Å². The summed E-state index contributed by atoms with van der Waals surface area (Å²) < 4.78 is 0. The highest BCUT2D eigenvalue weighted by atomic mass is 16.4. The third kappa shape index (κ3) is 9.97. The summed E-state index contributed by atoms with van der Waals surface area (Å²) in [5, 5.41) is 33.5. The molecule has 0 aliphatic heterocycles. The van der Waals surface area contributed by atoms with Crippen molar-refractivity contribution >= 4 is 11.9 Å². The van der Waals surface area contributed by atoms with Gasteiger partial charge in [0.2, 0.25) is 0 Å². The van der Waals surface area contributed by atoms with Crippen LogP contribution in [0.25, 0.3) is 0 Å². The highest BCUT2D eigenvalue weighted by Crippen LogP contribution is 2.33. The van der Waals surface area contributed by atoms with Crippen LogP contribution in [0.4, 0.5) is 0 Å². The Morgan fingerprint density at radius 3 is 1.12 bits per heavy atom. The summed E-state index contributed by atoms with van der Waals surface area (Å²) in [7, 11) is 0. The molecule has 0 aliphatic carbocycles. The molecule has 2 rings (SSSR count). The molecular formula is C20H26O6. The molecule has 26 heavy (non-hydrogen) atoms. The van der Waals surface area contributed by atoms with Crippen LogP contribution in [0.1, 0.15) is 44.7 Å². The zero-order valence-corrected chi connectivity index (χ0v) is 15.4. The van der Waals surface area contributed by atoms with Crippen molar-refractivity contribution in [3.05, 3.63) is 59.7 Å². The highest BCUT2D eigenvalue weighted by Gasteiger charge is 2.18. The minimum atomic E-state index is -0.833. The molecule has 2 aromatic rings. The summed E-state index contributed by atoms with van der Waals surface area (Å²) in [5.74, 6) is -0.385. The Hall–Kier alpha value is -3.02. The number of hydrogen-bond donors (Lipinski definition) is 4. The molecule has 142 valence electrons. The van der Waals surface area contributed by atoms with Crippen molar-refractivity contribution in [2.45, 2.75) is 33.6 Å². The number of hydrogen-bond acceptors (Lipinski definition) is 4. The zero-order chi connectivity index (χ0) is 20.3. The Labute approximate surface area is 153 Å². The molecule has 4 N–H and O–H groups in total. The molecule has 0 saturated heterocycles. The largest absolute Gasteiger partial charge is 0.508 e. The number of rotatable bonds is 3. The number of aromatic hydroxyl groups is 2. The van der Waals surface area contributed by atoms with Gasteiger partial charge in [0.15, 0.2) is 0 Å². The van der Waals surface area contributed by atoms with E-state index in [0.29, 0.717) is 5.92 Å². The minimum absolute atomic E-state index is 0.270. The topological polar surface area (TPSA) is 115 Å². The predicted molar refractivity (Wildman–Crippen MR) is 99.5 cm³/mol. The molecule has 0 amide bonds. The molecule has 0 bridgehead atoms. The average molecular weight is 362 g/mol. The first kappa shape index (κ1) is 23.0. The van der Waals surface area contributed by atoms with Gasteiger partial charge in [0.05, 0.1) is 0 Å². The first-order valence-corrected chi connectivity index (χ1v) is 8.01. The van der Waals surface area contributed by atoms with Gasteiger partial charge >= 0.3 is 0 Å². The van der Waals surface area contributed by atoms with E-state index in [2.05, 4.69) is 13.8 Å². The van der Waals surface area contributed by atoms with Crippen molar-refractivity contribution in [1.82, 2.24) is 0 Å². The number of carboxylic acids is 2. The Bertz CT molecular complexity index is 609. The van der Waals surface area contributed by atoms with Crippen molar-refractivity contribution in [1.29, 1.82) is 0 Å². The van der Waals surface area contributed by atoms with Crippen LogP contribution in [0.15, 0.2) is 48.5 Å². The van der Waals surface area contributed by atoms with E-state index in [9.17, 15) is 10.2 Å². The first-order chi connectivity index (χ1) is 12.0. The number of phenolic OH excluding ortho intramolecular Hbond substituents is 2. The summed E-state index contributed by atoms with van der Waals surface area (Å²) >= 11 is 0. The van der Waals surface area contributed by atoms with Gasteiger partial charge in [-0.2, -0.15) is 0 Å². The summed E-state index contributed by atoms with van der Waals surface area (Å²) in [4.78, 5) is 18.0. The molecule has 0 aliphatic rings. The molecule has 2 aromatic carbocycles. The smallest absolute Gasteiger partial charge is 0.300 e. The van der Waals surface area contributed by atoms with Gasteiger partial charge in [-0.3, -0.25) is 9.59 Å². The summed E-state index contributed by atoms with van der Waals surface area (Å²) in [6.45, 7) is 6.51. The van der Waals surface area contributed by atoms with Gasteiger partial charge < -0.3 is 20.4 Å². The van der Waals surface area contributed by atoms with Gasteiger partial charge in [0, 0.05) is 19.8 Å². The lowest BCUT2D eigenvalue weighted by molar-refractivity contribution is -0.135. The molecule has 0 radical (unpaired) electrons. The molecule has 0 saturated carbocycles. The third-order valence-corrected chi connectivity index (χ3v) is 3.17. The number of aliphatic carboxylic acids is 2. The van der Waals surface area contributed by atoms with Gasteiger partial charge in [-0.1, -0.05) is 38.1 Å². The minimum Gasteiger partial charge on any atom is -0.508 e. The molecule has 0 unspecified atom stereocenters. The Balaban J connectivity index is 0.000000662. The maximum atomic E-state index is 9.35. The fourth-order valence-electron chi connectivity index (χ4n) is 2.33. The van der Waals surface area contributed by atoms with E-state index in [1.807, 2.05) is 24.3 Å². The fraction of sp³-hybridized carbons (Fsp3) is 0.300. The van der Waals surface area contributed by atoms with Crippen molar-refractivity contribution in [3.63, 3.8) is 0 Å². The van der Waals surface area contributed by atoms with Gasteiger partial charge in [-0.25, -0.2) is 0 Å². The Morgan fingerprint density at radius 2 is 0.923 bits per heavy atom. The van der Waals surface area contributed by atoms with Crippen LogP contribution in [0.2, 0.25) is 0 Å². The standard InChI is InChI=1S/C16H18O2.2C2H4O2/c1-11(2)16(12-3-7-14(17)8-4-12)13-5-9-15(18)10-6-13;2*1-2(3)4/h3-11,16-18H,1-2H3;2*1H3,(H,3,4). The molecule has 6 nitrogen and oxygen atoms in total. The molecule has 0 aromatic heterocycles. The monoisotopic (exact) mass is 362 g/mol. The lowest BCUT2D eigenvalue weighted by atomic mass is 9.82. The van der Waals surface area contributed by atoms with Crippen LogP contribution in [0.5, 0.6) is 11.5 Å². The first-order valence-electron chi connectivity index (χ1n) is 8.01. The predicted octanol–water partition coefficient (Wildman–Crippen LogP) is 4.07. The fourth-order valence-corrected chi connectivity index (χ4v) is 2.33. The van der Waals surface area contributed by atoms with E-state index < -0.39 is 11.9 Å². The van der Waals surface area contributed by atoms with Crippen molar-refractivity contribution < 1.29 is 30.0 Å². The van der Waals surface area contributed by atoms with E-state index >= 15 is 0 Å². The molecule has 0 atom stereocenters. The second kappa shape index (κ2) is 11.5. The number of carboxylic acid groups (broad SMARTS) is 2. The molecule has 0 heterocycles. The highest BCUT2D eigenvalue weighted by molar-refractivity contribution is 5.63. The van der Waals surface area contributed by atoms with Crippen molar-refractivity contribution in [2.24, 2.45) is 5.92 Å². The van der Waals surface area contributed by atoms with Crippen LogP contribution in [0, 0.1) is 5.92 Å². The Kier molecular flexibility index (Phi) is 10.2. The second-order valence-electron chi connectivity index (χ2n) is 5.94. The van der Waals surface area contributed by atoms with Crippen LogP contribution < -0.4 is 0 Å². The quantitative estimate of drug-likeness (QED) is 0.654. The van der Waals surface area contributed by atoms with Gasteiger partial charge in [0.25, 0.3) is 11.9 Å². The van der Waals surface area contributed by atoms with Crippen LogP contribution in [0.3, 0.4) is 0 Å². The van der Waals surface area contributed by atoms with Crippen molar-refractivity contribution in [3.8, 4) is 11.5 Å². The molecule has 6 heteroatoms. The average Bonchev–Trinajstić information content (AvgIpc) is 2.50. The van der Waals surface area contributed by atoms with Gasteiger partial charge in [-0.15, -0.1) is 0 Å². The van der Waals surface area contributed by atoms with Crippen LogP contribution in [-0.4, -0.2) is 32.4 Å². The summed E-state index contributed by atoms with van der Waals surface area (Å²) in [5.41, 5.74) is 2.35. The number of benzene rings is 2. The summed E-state index contributed by atoms with van der Waals surface area (Å²) in [6.07, 6.45) is 0. The van der Waals surface area contributed by atoms with E-state index in [1.54, 1.807) is 24.3 Å². The molecular weight excluding hydrogens is 336 g/mol. The maximum absolute atomic E-state index is 9.35. The summed E-state index contributed by atoms with van der Waals surface area (Å²) in [6, 6.07) is 14.7. The lowest BCUT2D eigenvalue weighted by Gasteiger charge is -2.22. The lowest BCUT2D eigenvalue weighted by Crippen LogP contribution is -2.08. The maximum Gasteiger partial charge on any atom is 0.300 e. The van der Waals surface area contributed by atoms with E-state index in [4.69, 9.17) is 19.8 Å². The van der Waals surface area contributed by atoms with E-state index in [0.717, 1.165) is 13.8 Å². The molecule has 0 fully saturated rings. The van der Waals surface area contributed by atoms with Crippen molar-refractivity contribution in [2.75, 3.05) is 0 Å². The van der Waals surface area contributed by atoms with Crippen LogP contribution in [-0.2, 0) is 9.59 Å². The van der Waals surface area contributed by atoms with E-state index in [-0.39, 0.29) is 17.4 Å². The number of carbonyl (C=O) groups is 2.